The summed E-state index contributed by atoms with van der Waals surface area (Å²) in [6, 6.07) is 0. The maximum absolute atomic E-state index is 10.9. The monoisotopic (exact) mass is 205 g/mol. The Morgan fingerprint density at radius 2 is 2.31 bits per heavy atom. The van der Waals surface area contributed by atoms with Crippen LogP contribution in [0.4, 0.5) is 0 Å². The molecule has 0 heterocycles. The first-order valence-corrected chi connectivity index (χ1v) is 5.07. The number of hydrogen-bond donors (Lipinski definition) is 1. The molecule has 1 saturated carbocycles. The van der Waals surface area contributed by atoms with Crippen molar-refractivity contribution in [1.82, 2.24) is 5.32 Å². The van der Waals surface area contributed by atoms with E-state index in [1.54, 1.807) is 7.11 Å². The molecular weight excluding hydrogens is 190 g/mol. The number of halogens is 1. The quantitative estimate of drug-likeness (QED) is 0.661. The first-order chi connectivity index (χ1) is 6.22. The second-order valence-electron chi connectivity index (χ2n) is 3.65. The molecule has 13 heavy (non-hydrogen) atoms. The third-order valence-electron chi connectivity index (χ3n) is 2.58. The fourth-order valence-electron chi connectivity index (χ4n) is 1.34. The zero-order valence-electron chi connectivity index (χ0n) is 7.94. The van der Waals surface area contributed by atoms with Gasteiger partial charge in [-0.05, 0) is 24.7 Å². The highest BCUT2D eigenvalue weighted by Crippen LogP contribution is 2.48. The molecule has 0 aromatic rings. The molecule has 0 unspecified atom stereocenters. The van der Waals surface area contributed by atoms with Gasteiger partial charge >= 0.3 is 0 Å². The van der Waals surface area contributed by atoms with Gasteiger partial charge in [-0.1, -0.05) is 0 Å². The van der Waals surface area contributed by atoms with E-state index in [0.29, 0.717) is 5.41 Å². The molecule has 1 rings (SSSR count). The fourth-order valence-corrected chi connectivity index (χ4v) is 1.44. The Hall–Kier alpha value is -0.280. The third kappa shape index (κ3) is 3.53. The van der Waals surface area contributed by atoms with E-state index >= 15 is 0 Å². The minimum atomic E-state index is -0.0784. The summed E-state index contributed by atoms with van der Waals surface area (Å²) in [5, 5.41) is 2.82. The molecule has 0 aromatic heterocycles. The molecule has 0 aromatic carbocycles. The Morgan fingerprint density at radius 1 is 1.62 bits per heavy atom. The van der Waals surface area contributed by atoms with Crippen molar-refractivity contribution in [2.45, 2.75) is 19.3 Å². The van der Waals surface area contributed by atoms with Gasteiger partial charge in [0.1, 0.15) is 5.88 Å². The lowest BCUT2D eigenvalue weighted by molar-refractivity contribution is -0.118. The highest BCUT2D eigenvalue weighted by Gasteiger charge is 2.41. The van der Waals surface area contributed by atoms with Crippen LogP contribution in [0.5, 0.6) is 0 Å². The number of carbonyl (C=O) groups is 1. The van der Waals surface area contributed by atoms with E-state index in [1.807, 2.05) is 0 Å². The summed E-state index contributed by atoms with van der Waals surface area (Å²) in [4.78, 5) is 10.9. The topological polar surface area (TPSA) is 38.3 Å². The van der Waals surface area contributed by atoms with Crippen molar-refractivity contribution in [3.63, 3.8) is 0 Å². The van der Waals surface area contributed by atoms with Crippen molar-refractivity contribution in [2.24, 2.45) is 5.41 Å². The summed E-state index contributed by atoms with van der Waals surface area (Å²) < 4.78 is 5.01. The number of carbonyl (C=O) groups excluding carboxylic acids is 1. The van der Waals surface area contributed by atoms with E-state index in [0.717, 1.165) is 19.6 Å². The predicted molar refractivity (Wildman–Crippen MR) is 51.9 cm³/mol. The Kier molecular flexibility index (Phi) is 4.00. The van der Waals surface area contributed by atoms with Crippen molar-refractivity contribution in [2.75, 3.05) is 26.1 Å². The van der Waals surface area contributed by atoms with Gasteiger partial charge in [-0.2, -0.15) is 0 Å². The maximum Gasteiger partial charge on any atom is 0.234 e. The number of amides is 1. The molecular formula is C9H16ClNO2. The molecule has 0 atom stereocenters. The Balaban J connectivity index is 2.16. The first kappa shape index (κ1) is 10.8. The van der Waals surface area contributed by atoms with Crippen molar-refractivity contribution < 1.29 is 9.53 Å². The molecule has 0 spiro atoms. The predicted octanol–water partition coefficient (Wildman–Crippen LogP) is 1.16. The van der Waals surface area contributed by atoms with E-state index in [2.05, 4.69) is 5.32 Å². The van der Waals surface area contributed by atoms with Crippen LogP contribution < -0.4 is 5.32 Å². The van der Waals surface area contributed by atoms with Gasteiger partial charge in [0.15, 0.2) is 0 Å². The Bertz CT molecular complexity index is 180. The normalized spacial score (nSPS) is 18.3. The summed E-state index contributed by atoms with van der Waals surface area (Å²) in [7, 11) is 1.70. The highest BCUT2D eigenvalue weighted by atomic mass is 35.5. The molecule has 1 aliphatic rings. The van der Waals surface area contributed by atoms with Crippen LogP contribution in [0.3, 0.4) is 0 Å². The molecule has 0 radical (unpaired) electrons. The average molecular weight is 206 g/mol. The average Bonchev–Trinajstić information content (AvgIpc) is 2.92. The number of alkyl halides is 1. The van der Waals surface area contributed by atoms with Gasteiger partial charge in [-0.3, -0.25) is 4.79 Å². The fraction of sp³-hybridized carbons (Fsp3) is 0.889. The zero-order chi connectivity index (χ0) is 9.73. The number of methoxy groups -OCH3 is 1. The molecule has 1 N–H and O–H groups in total. The summed E-state index contributed by atoms with van der Waals surface area (Å²) >= 11 is 5.37. The van der Waals surface area contributed by atoms with E-state index in [4.69, 9.17) is 16.3 Å². The molecule has 0 saturated heterocycles. The zero-order valence-corrected chi connectivity index (χ0v) is 8.69. The third-order valence-corrected chi connectivity index (χ3v) is 2.82. The second kappa shape index (κ2) is 4.82. The summed E-state index contributed by atoms with van der Waals surface area (Å²) in [5.74, 6) is -0.0225. The van der Waals surface area contributed by atoms with Crippen LogP contribution in [-0.4, -0.2) is 32.0 Å². The van der Waals surface area contributed by atoms with Crippen LogP contribution in [0.25, 0.3) is 0 Å². The number of hydrogen-bond acceptors (Lipinski definition) is 2. The second-order valence-corrected chi connectivity index (χ2v) is 3.92. The molecule has 76 valence electrons. The van der Waals surface area contributed by atoms with Gasteiger partial charge < -0.3 is 10.1 Å². The van der Waals surface area contributed by atoms with Crippen molar-refractivity contribution >= 4 is 17.5 Å². The molecule has 1 fully saturated rings. The smallest absolute Gasteiger partial charge is 0.234 e. The van der Waals surface area contributed by atoms with Gasteiger partial charge in [0.2, 0.25) is 5.91 Å². The molecule has 0 aliphatic heterocycles. The number of nitrogens with one attached hydrogen (secondary N) is 1. The van der Waals surface area contributed by atoms with Gasteiger partial charge in [-0.25, -0.2) is 0 Å². The first-order valence-electron chi connectivity index (χ1n) is 4.54. The van der Waals surface area contributed by atoms with Gasteiger partial charge in [0.05, 0.1) is 0 Å². The standard InChI is InChI=1S/C9H16ClNO2/c1-13-5-4-9(2-3-9)7-11-8(12)6-10/h2-7H2,1H3,(H,11,12). The minimum Gasteiger partial charge on any atom is -0.385 e. The van der Waals surface area contributed by atoms with E-state index in [9.17, 15) is 4.79 Å². The van der Waals surface area contributed by atoms with Crippen molar-refractivity contribution in [3.05, 3.63) is 0 Å². The van der Waals surface area contributed by atoms with Crippen molar-refractivity contribution in [3.8, 4) is 0 Å². The van der Waals surface area contributed by atoms with Crippen LogP contribution in [0.2, 0.25) is 0 Å². The molecule has 1 amide bonds. The summed E-state index contributed by atoms with van der Waals surface area (Å²) in [6.07, 6.45) is 3.42. The molecule has 0 bridgehead atoms. The van der Waals surface area contributed by atoms with Crippen LogP contribution in [0.15, 0.2) is 0 Å². The summed E-state index contributed by atoms with van der Waals surface area (Å²) in [6.45, 7) is 1.53. The Labute approximate surface area is 83.8 Å². The van der Waals surface area contributed by atoms with E-state index in [-0.39, 0.29) is 11.8 Å². The van der Waals surface area contributed by atoms with E-state index in [1.165, 1.54) is 12.8 Å². The van der Waals surface area contributed by atoms with Crippen LogP contribution in [-0.2, 0) is 9.53 Å². The van der Waals surface area contributed by atoms with Gasteiger partial charge in [0, 0.05) is 20.3 Å². The van der Waals surface area contributed by atoms with Gasteiger partial charge in [-0.15, -0.1) is 11.6 Å². The molecule has 4 heteroatoms. The van der Waals surface area contributed by atoms with E-state index < -0.39 is 0 Å². The maximum atomic E-state index is 10.9. The highest BCUT2D eigenvalue weighted by molar-refractivity contribution is 6.27. The number of rotatable bonds is 6. The molecule has 3 nitrogen and oxygen atoms in total. The van der Waals surface area contributed by atoms with Gasteiger partial charge in [0.25, 0.3) is 0 Å². The lowest BCUT2D eigenvalue weighted by Gasteiger charge is -2.14. The van der Waals surface area contributed by atoms with Crippen molar-refractivity contribution in [1.29, 1.82) is 0 Å². The van der Waals surface area contributed by atoms with Crippen LogP contribution in [0.1, 0.15) is 19.3 Å². The summed E-state index contributed by atoms with van der Waals surface area (Å²) in [5.41, 5.74) is 0.317. The lowest BCUT2D eigenvalue weighted by atomic mass is 10.0. The molecule has 1 aliphatic carbocycles. The minimum absolute atomic E-state index is 0.0559. The SMILES string of the molecule is COCCC1(CNC(=O)CCl)CC1. The Morgan fingerprint density at radius 3 is 2.77 bits per heavy atom. The van der Waals surface area contributed by atoms with Crippen LogP contribution in [0, 0.1) is 5.41 Å². The van der Waals surface area contributed by atoms with Crippen LogP contribution >= 0.6 is 11.6 Å². The number of ether oxygens (including phenoxy) is 1. The largest absolute Gasteiger partial charge is 0.385 e. The lowest BCUT2D eigenvalue weighted by Crippen LogP contribution is -2.31.